The van der Waals surface area contributed by atoms with Gasteiger partial charge in [-0.15, -0.1) is 0 Å². The number of amides is 1. The predicted octanol–water partition coefficient (Wildman–Crippen LogP) is 3.97. The molecule has 0 radical (unpaired) electrons. The van der Waals surface area contributed by atoms with Crippen LogP contribution in [0.5, 0.6) is 0 Å². The van der Waals surface area contributed by atoms with Gasteiger partial charge in [-0.2, -0.15) is 0 Å². The highest BCUT2D eigenvalue weighted by atomic mass is 35.5. The average molecular weight is 434 g/mol. The molecule has 2 atom stereocenters. The van der Waals surface area contributed by atoms with Crippen LogP contribution in [0.2, 0.25) is 5.02 Å². The summed E-state index contributed by atoms with van der Waals surface area (Å²) in [6.45, 7) is 5.95. The zero-order valence-electron chi connectivity index (χ0n) is 17.0. The molecule has 0 aliphatic carbocycles. The minimum Gasteiger partial charge on any atom is -0.368 e. The second-order valence-electron chi connectivity index (χ2n) is 8.11. The SMILES string of the molecule is Cc1ccc(Cl)cc1N1CCN(C(=O)C2CNCCC2c2ccc(F)cc2F)CC1. The molecule has 2 aliphatic rings. The molecule has 0 bridgehead atoms. The second-order valence-corrected chi connectivity index (χ2v) is 8.55. The van der Waals surface area contributed by atoms with Gasteiger partial charge in [-0.25, -0.2) is 8.78 Å². The molecule has 7 heteroatoms. The molecular formula is C23H26ClF2N3O. The standard InChI is InChI=1S/C23H26ClF2N3O/c1-15-2-3-16(24)12-22(15)28-8-10-29(11-9-28)23(30)20-14-27-7-6-18(20)19-5-4-17(25)13-21(19)26/h2-5,12-13,18,20,27H,6-11,14H2,1H3. The van der Waals surface area contributed by atoms with Crippen LogP contribution in [0.4, 0.5) is 14.5 Å². The van der Waals surface area contributed by atoms with Gasteiger partial charge in [0.25, 0.3) is 0 Å². The Morgan fingerprint density at radius 1 is 1.10 bits per heavy atom. The molecule has 0 aromatic heterocycles. The number of carbonyl (C=O) groups is 1. The summed E-state index contributed by atoms with van der Waals surface area (Å²) in [5.41, 5.74) is 2.69. The van der Waals surface area contributed by atoms with Gasteiger partial charge in [0, 0.05) is 55.4 Å². The third-order valence-corrected chi connectivity index (χ3v) is 6.50. The summed E-state index contributed by atoms with van der Waals surface area (Å²) in [5.74, 6) is -1.72. The van der Waals surface area contributed by atoms with Crippen LogP contribution in [0, 0.1) is 24.5 Å². The lowest BCUT2D eigenvalue weighted by atomic mass is 9.80. The van der Waals surface area contributed by atoms with Gasteiger partial charge in [-0.3, -0.25) is 4.79 Å². The molecule has 0 spiro atoms. The van der Waals surface area contributed by atoms with Crippen molar-refractivity contribution in [2.24, 2.45) is 5.92 Å². The summed E-state index contributed by atoms with van der Waals surface area (Å²) in [6, 6.07) is 9.52. The summed E-state index contributed by atoms with van der Waals surface area (Å²) < 4.78 is 27.8. The number of aryl methyl sites for hydroxylation is 1. The fourth-order valence-electron chi connectivity index (χ4n) is 4.62. The highest BCUT2D eigenvalue weighted by molar-refractivity contribution is 6.30. The number of piperazine rings is 1. The zero-order chi connectivity index (χ0) is 21.3. The molecule has 2 aromatic rings. The topological polar surface area (TPSA) is 35.6 Å². The van der Waals surface area contributed by atoms with Crippen molar-refractivity contribution in [3.8, 4) is 0 Å². The molecule has 4 rings (SSSR count). The number of piperidine rings is 1. The Morgan fingerprint density at radius 2 is 1.87 bits per heavy atom. The molecule has 1 N–H and O–H groups in total. The first-order valence-electron chi connectivity index (χ1n) is 10.4. The molecule has 4 nitrogen and oxygen atoms in total. The third kappa shape index (κ3) is 4.30. The van der Waals surface area contributed by atoms with E-state index in [-0.39, 0.29) is 17.7 Å². The number of carbonyl (C=O) groups excluding carboxylic acids is 1. The second kappa shape index (κ2) is 8.90. The van der Waals surface area contributed by atoms with Crippen LogP contribution in [0.1, 0.15) is 23.5 Å². The normalized spacial score (nSPS) is 22.3. The first kappa shape index (κ1) is 21.1. The molecule has 0 saturated carbocycles. The van der Waals surface area contributed by atoms with Crippen molar-refractivity contribution in [3.05, 3.63) is 64.2 Å². The number of anilines is 1. The maximum absolute atomic E-state index is 14.4. The number of halogens is 3. The van der Waals surface area contributed by atoms with Crippen LogP contribution < -0.4 is 10.2 Å². The van der Waals surface area contributed by atoms with E-state index in [1.54, 1.807) is 0 Å². The molecule has 2 unspecified atom stereocenters. The number of benzene rings is 2. The summed E-state index contributed by atoms with van der Waals surface area (Å²) in [7, 11) is 0. The predicted molar refractivity (Wildman–Crippen MR) is 115 cm³/mol. The van der Waals surface area contributed by atoms with Gasteiger partial charge in [0.05, 0.1) is 5.92 Å². The van der Waals surface area contributed by atoms with E-state index in [1.165, 1.54) is 12.1 Å². The average Bonchev–Trinajstić information content (AvgIpc) is 2.75. The highest BCUT2D eigenvalue weighted by Crippen LogP contribution is 2.34. The van der Waals surface area contributed by atoms with Crippen LogP contribution in [-0.2, 0) is 4.79 Å². The molecule has 2 heterocycles. The maximum atomic E-state index is 14.4. The zero-order valence-corrected chi connectivity index (χ0v) is 17.8. The van der Waals surface area contributed by atoms with E-state index >= 15 is 0 Å². The monoisotopic (exact) mass is 433 g/mol. The van der Waals surface area contributed by atoms with E-state index in [0.29, 0.717) is 43.2 Å². The fourth-order valence-corrected chi connectivity index (χ4v) is 4.78. The van der Waals surface area contributed by atoms with E-state index in [9.17, 15) is 13.6 Å². The van der Waals surface area contributed by atoms with Crippen LogP contribution >= 0.6 is 11.6 Å². The maximum Gasteiger partial charge on any atom is 0.227 e. The summed E-state index contributed by atoms with van der Waals surface area (Å²) >= 11 is 6.16. The Kier molecular flexibility index (Phi) is 6.25. The minimum atomic E-state index is -0.597. The van der Waals surface area contributed by atoms with Crippen molar-refractivity contribution in [3.63, 3.8) is 0 Å². The Balaban J connectivity index is 1.46. The summed E-state index contributed by atoms with van der Waals surface area (Å²) in [4.78, 5) is 17.5. The van der Waals surface area contributed by atoms with Crippen LogP contribution in [0.15, 0.2) is 36.4 Å². The van der Waals surface area contributed by atoms with Gasteiger partial charge in [-0.05, 0) is 49.2 Å². The smallest absolute Gasteiger partial charge is 0.227 e. The van der Waals surface area contributed by atoms with Crippen molar-refractivity contribution in [2.75, 3.05) is 44.2 Å². The van der Waals surface area contributed by atoms with E-state index in [2.05, 4.69) is 17.1 Å². The Hall–Kier alpha value is -2.18. The summed E-state index contributed by atoms with van der Waals surface area (Å²) in [6.07, 6.45) is 0.653. The van der Waals surface area contributed by atoms with Gasteiger partial charge in [0.15, 0.2) is 0 Å². The van der Waals surface area contributed by atoms with Gasteiger partial charge < -0.3 is 15.1 Å². The number of hydrogen-bond acceptors (Lipinski definition) is 3. The third-order valence-electron chi connectivity index (χ3n) is 6.26. The number of rotatable bonds is 3. The molecular weight excluding hydrogens is 408 g/mol. The van der Waals surface area contributed by atoms with Crippen molar-refractivity contribution in [2.45, 2.75) is 19.3 Å². The Bertz CT molecular complexity index is 931. The Morgan fingerprint density at radius 3 is 2.60 bits per heavy atom. The van der Waals surface area contributed by atoms with Gasteiger partial charge in [0.1, 0.15) is 11.6 Å². The molecule has 2 saturated heterocycles. The lowest BCUT2D eigenvalue weighted by Gasteiger charge is -2.40. The fraction of sp³-hybridized carbons (Fsp3) is 0.435. The number of nitrogens with zero attached hydrogens (tertiary/aromatic N) is 2. The Labute approximate surface area is 180 Å². The first-order valence-corrected chi connectivity index (χ1v) is 10.8. The van der Waals surface area contributed by atoms with Crippen LogP contribution in [0.3, 0.4) is 0 Å². The molecule has 30 heavy (non-hydrogen) atoms. The molecule has 160 valence electrons. The van der Waals surface area contributed by atoms with E-state index in [4.69, 9.17) is 11.6 Å². The van der Waals surface area contributed by atoms with Gasteiger partial charge in [0.2, 0.25) is 5.91 Å². The quantitative estimate of drug-likeness (QED) is 0.795. The lowest BCUT2D eigenvalue weighted by molar-refractivity contribution is -0.137. The van der Waals surface area contributed by atoms with Crippen LogP contribution in [-0.4, -0.2) is 50.1 Å². The van der Waals surface area contributed by atoms with Crippen molar-refractivity contribution in [1.82, 2.24) is 10.2 Å². The minimum absolute atomic E-state index is 0.0402. The highest BCUT2D eigenvalue weighted by Gasteiger charge is 2.37. The van der Waals surface area contributed by atoms with E-state index in [1.807, 2.05) is 23.1 Å². The largest absolute Gasteiger partial charge is 0.368 e. The van der Waals surface area contributed by atoms with Crippen LogP contribution in [0.25, 0.3) is 0 Å². The van der Waals surface area contributed by atoms with Crippen molar-refractivity contribution in [1.29, 1.82) is 0 Å². The molecule has 2 aliphatic heterocycles. The molecule has 1 amide bonds. The number of hydrogen-bond donors (Lipinski definition) is 1. The molecule has 2 aromatic carbocycles. The number of nitrogens with one attached hydrogen (secondary N) is 1. The molecule has 2 fully saturated rings. The summed E-state index contributed by atoms with van der Waals surface area (Å²) in [5, 5.41) is 3.97. The van der Waals surface area contributed by atoms with Gasteiger partial charge in [-0.1, -0.05) is 23.7 Å². The first-order chi connectivity index (χ1) is 14.4. The lowest BCUT2D eigenvalue weighted by Crippen LogP contribution is -2.53. The van der Waals surface area contributed by atoms with E-state index in [0.717, 1.165) is 30.4 Å². The van der Waals surface area contributed by atoms with Crippen molar-refractivity contribution < 1.29 is 13.6 Å². The van der Waals surface area contributed by atoms with E-state index < -0.39 is 11.6 Å². The van der Waals surface area contributed by atoms with Crippen molar-refractivity contribution >= 4 is 23.2 Å². The van der Waals surface area contributed by atoms with Gasteiger partial charge >= 0.3 is 0 Å².